The van der Waals surface area contributed by atoms with Crippen molar-refractivity contribution in [1.29, 1.82) is 0 Å². The van der Waals surface area contributed by atoms with Crippen molar-refractivity contribution in [3.63, 3.8) is 0 Å². The maximum atomic E-state index is 12.5. The molecular weight excluding hydrogens is 405 g/mol. The average molecular weight is 421 g/mol. The van der Waals surface area contributed by atoms with E-state index in [0.717, 1.165) is 30.0 Å². The first-order valence-corrected chi connectivity index (χ1v) is 8.83. The number of nitrogens with two attached hydrogens (primary N) is 1. The zero-order valence-electron chi connectivity index (χ0n) is 13.3. The van der Waals surface area contributed by atoms with Crippen LogP contribution in [0.15, 0.2) is 18.2 Å². The van der Waals surface area contributed by atoms with Gasteiger partial charge in [0.2, 0.25) is 0 Å². The first kappa shape index (κ1) is 20.0. The second kappa shape index (κ2) is 7.93. The Morgan fingerprint density at radius 2 is 2.04 bits per heavy atom. The van der Waals surface area contributed by atoms with Crippen molar-refractivity contribution in [3.8, 4) is 0 Å². The van der Waals surface area contributed by atoms with E-state index >= 15 is 0 Å². The molecule has 25 heavy (non-hydrogen) atoms. The number of nitrogens with zero attached hydrogens (tertiary/aromatic N) is 1. The first-order chi connectivity index (χ1) is 11.4. The summed E-state index contributed by atoms with van der Waals surface area (Å²) in [6.07, 6.45) is 0.731. The van der Waals surface area contributed by atoms with Crippen LogP contribution in [0.2, 0.25) is 10.0 Å². The van der Waals surface area contributed by atoms with Crippen LogP contribution in [0, 0.1) is 0 Å². The number of likely N-dealkylation sites (N-methyl/N-ethyl adjacent to an activating group) is 1. The SMILES string of the molecule is CN1CCc2c(sc(NC(=O)c3cc(Cl)ccc3Cl)c2C(N)=O)C1.Cl. The zero-order valence-corrected chi connectivity index (χ0v) is 16.4. The van der Waals surface area contributed by atoms with E-state index in [9.17, 15) is 9.59 Å². The predicted molar refractivity (Wildman–Crippen MR) is 105 cm³/mol. The van der Waals surface area contributed by atoms with Crippen LogP contribution in [0.1, 0.15) is 31.2 Å². The summed E-state index contributed by atoms with van der Waals surface area (Å²) in [7, 11) is 2.01. The molecule has 5 nitrogen and oxygen atoms in total. The van der Waals surface area contributed by atoms with Gasteiger partial charge in [0.1, 0.15) is 5.00 Å². The van der Waals surface area contributed by atoms with E-state index in [0.29, 0.717) is 20.6 Å². The van der Waals surface area contributed by atoms with Gasteiger partial charge in [-0.3, -0.25) is 9.59 Å². The van der Waals surface area contributed by atoms with Crippen LogP contribution in [0.5, 0.6) is 0 Å². The van der Waals surface area contributed by atoms with Crippen molar-refractivity contribution in [1.82, 2.24) is 4.90 Å². The lowest BCUT2D eigenvalue weighted by Crippen LogP contribution is -2.27. The molecule has 1 aromatic carbocycles. The number of carbonyl (C=O) groups excluding carboxylic acids is 2. The van der Waals surface area contributed by atoms with Crippen LogP contribution >= 0.6 is 46.9 Å². The Morgan fingerprint density at radius 3 is 2.72 bits per heavy atom. The van der Waals surface area contributed by atoms with Gasteiger partial charge in [-0.25, -0.2) is 0 Å². The maximum absolute atomic E-state index is 12.5. The van der Waals surface area contributed by atoms with Crippen molar-refractivity contribution in [2.45, 2.75) is 13.0 Å². The molecule has 1 aromatic heterocycles. The number of hydrogen-bond donors (Lipinski definition) is 2. The molecule has 0 fully saturated rings. The Kier molecular flexibility index (Phi) is 6.35. The Balaban J connectivity index is 0.00000225. The quantitative estimate of drug-likeness (QED) is 0.792. The summed E-state index contributed by atoms with van der Waals surface area (Å²) in [5, 5.41) is 3.93. The Labute approximate surface area is 165 Å². The van der Waals surface area contributed by atoms with E-state index in [1.54, 1.807) is 12.1 Å². The van der Waals surface area contributed by atoms with E-state index in [2.05, 4.69) is 10.2 Å². The van der Waals surface area contributed by atoms with Gasteiger partial charge in [0.15, 0.2) is 0 Å². The highest BCUT2D eigenvalue weighted by molar-refractivity contribution is 7.17. The van der Waals surface area contributed by atoms with Gasteiger partial charge in [0, 0.05) is 23.0 Å². The van der Waals surface area contributed by atoms with Crippen LogP contribution in [0.4, 0.5) is 5.00 Å². The van der Waals surface area contributed by atoms with Crippen molar-refractivity contribution >= 4 is 63.8 Å². The number of nitrogens with one attached hydrogen (secondary N) is 1. The summed E-state index contributed by atoms with van der Waals surface area (Å²) in [6.45, 7) is 1.57. The monoisotopic (exact) mass is 419 g/mol. The highest BCUT2D eigenvalue weighted by Crippen LogP contribution is 2.37. The number of amides is 2. The lowest BCUT2D eigenvalue weighted by Gasteiger charge is -2.22. The molecule has 2 amide bonds. The Morgan fingerprint density at radius 1 is 1.32 bits per heavy atom. The number of carbonyl (C=O) groups is 2. The number of fused-ring (bicyclic) bond motifs is 1. The molecule has 0 unspecified atom stereocenters. The molecule has 0 aliphatic carbocycles. The normalized spacial score (nSPS) is 13.7. The highest BCUT2D eigenvalue weighted by atomic mass is 35.5. The first-order valence-electron chi connectivity index (χ1n) is 7.26. The number of primary amides is 1. The summed E-state index contributed by atoms with van der Waals surface area (Å²) >= 11 is 13.4. The fourth-order valence-electron chi connectivity index (χ4n) is 2.72. The lowest BCUT2D eigenvalue weighted by molar-refractivity contribution is 0.1000. The van der Waals surface area contributed by atoms with Crippen LogP contribution in [0.3, 0.4) is 0 Å². The molecule has 3 rings (SSSR count). The molecule has 0 spiro atoms. The van der Waals surface area contributed by atoms with E-state index in [1.165, 1.54) is 17.4 Å². The molecule has 0 radical (unpaired) electrons. The largest absolute Gasteiger partial charge is 0.365 e. The van der Waals surface area contributed by atoms with Gasteiger partial charge in [-0.2, -0.15) is 0 Å². The molecule has 1 aliphatic heterocycles. The molecule has 1 aliphatic rings. The predicted octanol–water partition coefficient (Wildman–Crippen LogP) is 3.82. The van der Waals surface area contributed by atoms with Gasteiger partial charge in [0.25, 0.3) is 11.8 Å². The van der Waals surface area contributed by atoms with Gasteiger partial charge in [0.05, 0.1) is 16.1 Å². The average Bonchev–Trinajstić information content (AvgIpc) is 2.86. The van der Waals surface area contributed by atoms with Crippen LogP contribution in [-0.4, -0.2) is 30.3 Å². The number of benzene rings is 1. The van der Waals surface area contributed by atoms with E-state index in [4.69, 9.17) is 28.9 Å². The van der Waals surface area contributed by atoms with E-state index in [-0.39, 0.29) is 18.0 Å². The summed E-state index contributed by atoms with van der Waals surface area (Å²) in [5.41, 5.74) is 7.12. The summed E-state index contributed by atoms with van der Waals surface area (Å²) in [4.78, 5) is 27.6. The topological polar surface area (TPSA) is 75.4 Å². The van der Waals surface area contributed by atoms with Gasteiger partial charge < -0.3 is 16.0 Å². The molecule has 0 saturated carbocycles. The molecule has 0 saturated heterocycles. The fraction of sp³-hybridized carbons (Fsp3) is 0.250. The molecule has 2 aromatic rings. The van der Waals surface area contributed by atoms with E-state index in [1.807, 2.05) is 7.05 Å². The van der Waals surface area contributed by atoms with Crippen molar-refractivity contribution in [2.24, 2.45) is 5.73 Å². The summed E-state index contributed by atoms with van der Waals surface area (Å²) in [5.74, 6) is -0.957. The number of rotatable bonds is 3. The van der Waals surface area contributed by atoms with Crippen molar-refractivity contribution in [3.05, 3.63) is 49.8 Å². The molecule has 0 bridgehead atoms. The fourth-order valence-corrected chi connectivity index (χ4v) is 4.43. The molecule has 2 heterocycles. The lowest BCUT2D eigenvalue weighted by atomic mass is 10.0. The van der Waals surface area contributed by atoms with Crippen LogP contribution < -0.4 is 11.1 Å². The summed E-state index contributed by atoms with van der Waals surface area (Å²) in [6, 6.07) is 4.65. The molecular formula is C16H16Cl3N3O2S. The van der Waals surface area contributed by atoms with Gasteiger partial charge in [-0.15, -0.1) is 23.7 Å². The molecule has 134 valence electrons. The van der Waals surface area contributed by atoms with Crippen LogP contribution in [0.25, 0.3) is 0 Å². The number of thiophene rings is 1. The van der Waals surface area contributed by atoms with E-state index < -0.39 is 11.8 Å². The smallest absolute Gasteiger partial charge is 0.257 e. The second-order valence-electron chi connectivity index (χ2n) is 5.64. The minimum Gasteiger partial charge on any atom is -0.365 e. The van der Waals surface area contributed by atoms with Gasteiger partial charge in [-0.05, 0) is 37.2 Å². The van der Waals surface area contributed by atoms with Crippen molar-refractivity contribution < 1.29 is 9.59 Å². The standard InChI is InChI=1S/C16H15Cl2N3O2S.ClH/c1-21-5-4-9-12(7-21)24-16(13(9)14(19)22)20-15(23)10-6-8(17)2-3-11(10)18;/h2-3,6H,4-5,7H2,1H3,(H2,19,22)(H,20,23);1H. The number of hydrogen-bond acceptors (Lipinski definition) is 4. The number of anilines is 1. The van der Waals surface area contributed by atoms with Crippen molar-refractivity contribution in [2.75, 3.05) is 18.9 Å². The summed E-state index contributed by atoms with van der Waals surface area (Å²) < 4.78 is 0. The molecule has 0 atom stereocenters. The minimum absolute atomic E-state index is 0. The van der Waals surface area contributed by atoms with Gasteiger partial charge in [-0.1, -0.05) is 23.2 Å². The third-order valence-corrected chi connectivity index (χ3v) is 5.59. The number of halogens is 3. The minimum atomic E-state index is -0.537. The van der Waals surface area contributed by atoms with Crippen LogP contribution in [-0.2, 0) is 13.0 Å². The van der Waals surface area contributed by atoms with Gasteiger partial charge >= 0.3 is 0 Å². The Hall–Kier alpha value is -1.31. The third kappa shape index (κ3) is 4.10. The maximum Gasteiger partial charge on any atom is 0.257 e. The molecule has 9 heteroatoms. The molecule has 3 N–H and O–H groups in total. The second-order valence-corrected chi connectivity index (χ2v) is 7.59. The Bertz CT molecular complexity index is 838. The third-order valence-electron chi connectivity index (χ3n) is 3.89. The zero-order chi connectivity index (χ0) is 17.4. The highest BCUT2D eigenvalue weighted by Gasteiger charge is 2.27.